The van der Waals surface area contributed by atoms with Gasteiger partial charge in [-0.05, 0) is 110 Å². The quantitative estimate of drug-likeness (QED) is 0.0162. The number of para-hydroxylation sites is 1. The van der Waals surface area contributed by atoms with Crippen LogP contribution in [0.2, 0.25) is 0 Å². The van der Waals surface area contributed by atoms with Crippen molar-refractivity contribution in [1.82, 2.24) is 30.9 Å². The van der Waals surface area contributed by atoms with Crippen LogP contribution >= 0.6 is 11.8 Å². The predicted octanol–water partition coefficient (Wildman–Crippen LogP) is 7.55. The lowest BCUT2D eigenvalue weighted by molar-refractivity contribution is -0.192. The van der Waals surface area contributed by atoms with Crippen molar-refractivity contribution in [1.29, 1.82) is 0 Å². The number of benzene rings is 5. The molecule has 0 bridgehead atoms. The number of nitrogens with zero attached hydrogens (tertiary/aromatic N) is 5. The number of alkyl halides is 3. The number of aromatic hydroxyl groups is 1. The Morgan fingerprint density at radius 1 is 0.768 bits per heavy atom. The number of esters is 1. The van der Waals surface area contributed by atoms with E-state index in [0.29, 0.717) is 59.4 Å². The van der Waals surface area contributed by atoms with Crippen molar-refractivity contribution in [3.05, 3.63) is 165 Å². The Balaban J connectivity index is 0.00000118. The van der Waals surface area contributed by atoms with Crippen LogP contribution in [0.1, 0.15) is 46.1 Å². The summed E-state index contributed by atoms with van der Waals surface area (Å²) in [6.45, 7) is 5.35. The van der Waals surface area contributed by atoms with Crippen LogP contribution in [0.25, 0.3) is 6.08 Å². The lowest BCUT2D eigenvalue weighted by Crippen LogP contribution is -2.25. The first-order valence-electron chi connectivity index (χ1n) is 25.2. The number of allylic oxidation sites excluding steroid dienone is 1. The van der Waals surface area contributed by atoms with Crippen LogP contribution in [0.3, 0.4) is 0 Å². The Morgan fingerprint density at radius 3 is 1.89 bits per heavy atom. The Kier molecular flexibility index (Phi) is 19.2. The van der Waals surface area contributed by atoms with Gasteiger partial charge in [-0.25, -0.2) is 19.2 Å². The van der Waals surface area contributed by atoms with Crippen molar-refractivity contribution in [3.8, 4) is 11.5 Å². The molecule has 3 aliphatic rings. The highest BCUT2D eigenvalue weighted by Crippen LogP contribution is 2.41. The molecule has 4 heterocycles. The van der Waals surface area contributed by atoms with Crippen LogP contribution in [0.4, 0.5) is 51.2 Å². The molecule has 9 rings (SSSR count). The molecule has 23 nitrogen and oxygen atoms in total. The van der Waals surface area contributed by atoms with Crippen molar-refractivity contribution < 1.29 is 61.6 Å². The summed E-state index contributed by atoms with van der Waals surface area (Å²) in [6.07, 6.45) is -1.33. The van der Waals surface area contributed by atoms with Crippen LogP contribution in [-0.4, -0.2) is 118 Å². The molecule has 27 heteroatoms. The molecule has 3 aliphatic heterocycles. The molecule has 0 atom stereocenters. The first kappa shape index (κ1) is 58.0. The lowest BCUT2D eigenvalue weighted by Gasteiger charge is -2.14. The van der Waals surface area contributed by atoms with Gasteiger partial charge in [0.2, 0.25) is 5.78 Å². The average molecular weight is 1140 g/mol. The molecule has 0 fully saturated rings. The van der Waals surface area contributed by atoms with Gasteiger partial charge in [0, 0.05) is 71.2 Å². The van der Waals surface area contributed by atoms with Crippen LogP contribution in [0, 0.1) is 0 Å². The van der Waals surface area contributed by atoms with Gasteiger partial charge < -0.3 is 62.2 Å². The van der Waals surface area contributed by atoms with E-state index in [-0.39, 0.29) is 58.7 Å². The molecule has 0 saturated heterocycles. The van der Waals surface area contributed by atoms with Gasteiger partial charge in [0.25, 0.3) is 5.91 Å². The molecule has 10 N–H and O–H groups in total. The van der Waals surface area contributed by atoms with Crippen molar-refractivity contribution in [2.24, 2.45) is 9.98 Å². The van der Waals surface area contributed by atoms with Gasteiger partial charge in [-0.2, -0.15) is 13.2 Å². The Morgan fingerprint density at radius 2 is 1.35 bits per heavy atom. The first-order valence-corrected chi connectivity index (χ1v) is 26.0. The number of ketones is 1. The summed E-state index contributed by atoms with van der Waals surface area (Å²) in [5.41, 5.74) is 5.05. The summed E-state index contributed by atoms with van der Waals surface area (Å²) in [5.74, 6) is -2.80. The van der Waals surface area contributed by atoms with E-state index >= 15 is 0 Å². The number of thioether (sulfide) groups is 1. The minimum Gasteiger partial charge on any atom is -0.504 e. The summed E-state index contributed by atoms with van der Waals surface area (Å²) >= 11 is 1.11. The number of aromatic nitrogens is 3. The molecule has 0 aliphatic carbocycles. The maximum atomic E-state index is 13.7. The van der Waals surface area contributed by atoms with E-state index in [9.17, 15) is 42.3 Å². The number of urea groups is 2. The number of aliphatic imine (C=N–C) groups is 2. The number of amides is 5. The smallest absolute Gasteiger partial charge is 0.490 e. The molecule has 1 aromatic heterocycles. The predicted molar refractivity (Wildman–Crippen MR) is 301 cm³/mol. The van der Waals surface area contributed by atoms with Gasteiger partial charge in [0.05, 0.1) is 49.0 Å². The maximum Gasteiger partial charge on any atom is 0.490 e. The number of hydrogen-bond donors (Lipinski definition) is 10. The number of carbonyl (C=O) groups excluding carboxylic acids is 5. The van der Waals surface area contributed by atoms with Gasteiger partial charge in [-0.3, -0.25) is 24.3 Å². The summed E-state index contributed by atoms with van der Waals surface area (Å²) in [5, 5.41) is 50.2. The van der Waals surface area contributed by atoms with E-state index in [1.165, 1.54) is 24.3 Å². The number of halogens is 3. The number of phenols is 1. The Bertz CT molecular complexity index is 3380. The minimum absolute atomic E-state index is 0.0120. The third-order valence-corrected chi connectivity index (χ3v) is 12.7. The highest BCUT2D eigenvalue weighted by Gasteiger charge is 2.38. The van der Waals surface area contributed by atoms with E-state index in [4.69, 9.17) is 19.4 Å². The summed E-state index contributed by atoms with van der Waals surface area (Å²) in [4.78, 5) is 84.3. The largest absolute Gasteiger partial charge is 0.504 e. The number of ether oxygens (including phenoxy) is 2. The molecule has 0 spiro atoms. The van der Waals surface area contributed by atoms with Gasteiger partial charge in [0.1, 0.15) is 22.9 Å². The third kappa shape index (κ3) is 16.2. The lowest BCUT2D eigenvalue weighted by atomic mass is 10.1. The third-order valence-electron chi connectivity index (χ3n) is 11.6. The van der Waals surface area contributed by atoms with Crippen molar-refractivity contribution in [2.45, 2.75) is 32.6 Å². The Hall–Kier alpha value is -10.2. The fourth-order valence-electron chi connectivity index (χ4n) is 7.86. The summed E-state index contributed by atoms with van der Waals surface area (Å²) in [7, 11) is 0. The van der Waals surface area contributed by atoms with Crippen molar-refractivity contribution in [3.63, 3.8) is 0 Å². The topological polar surface area (TPSA) is 313 Å². The van der Waals surface area contributed by atoms with Gasteiger partial charge in [0.15, 0.2) is 11.5 Å². The average Bonchev–Trinajstić information content (AvgIpc) is 4.33. The highest BCUT2D eigenvalue weighted by molar-refractivity contribution is 8.08. The molecule has 82 heavy (non-hydrogen) atoms. The first-order chi connectivity index (χ1) is 39.5. The molecule has 0 radical (unpaired) electrons. The number of carboxylic acids is 1. The number of anilines is 5. The molecule has 0 unspecified atom stereocenters. The maximum absolute atomic E-state index is 13.7. The number of carbonyl (C=O) groups is 6. The number of nitrogens with one attached hydrogen (secondary N) is 8. The SMILES string of the molecule is CCOC(=O)C1=C(Nc2ccccc2)S/C(=C\c2ccc(OCCCn3cc(CNC(=O)c4cc(NC(=O)Nc5ccc(C6=NCCN6)cc5)cc(NC(=O)Nc5ccc(C6=NCCN6)cc5)c4)nn3)c(O)c2)C1=O.O=C(O)C(F)(F)F. The monoisotopic (exact) mass is 1140 g/mol. The zero-order valence-corrected chi connectivity index (χ0v) is 44.2. The fourth-order valence-corrected chi connectivity index (χ4v) is 8.92. The molecular formula is C55H52F3N13O10S. The second-order valence-corrected chi connectivity index (χ2v) is 18.7. The normalized spacial score (nSPS) is 14.0. The molecular weight excluding hydrogens is 1090 g/mol. The highest BCUT2D eigenvalue weighted by atomic mass is 32.2. The minimum atomic E-state index is -5.08. The second-order valence-electron chi connectivity index (χ2n) is 17.7. The van der Waals surface area contributed by atoms with E-state index in [1.807, 2.05) is 54.6 Å². The number of hydrogen-bond acceptors (Lipinski definition) is 17. The van der Waals surface area contributed by atoms with Crippen LogP contribution < -0.4 is 47.3 Å². The van der Waals surface area contributed by atoms with Gasteiger partial charge in [-0.15, -0.1) is 5.10 Å². The molecule has 424 valence electrons. The number of rotatable bonds is 19. The molecule has 5 amide bonds. The standard InChI is InChI=1S/C53H51N13O8S.C2HF3O2/c1-2-73-51(70)45-46(68)44(75-50(45)59-36-7-4-3-5-8-36)26-32-9-18-43(42(67)25-32)74-24-6-23-66-31-41(64-65-66)30-58-49(69)35-27-39(62-52(71)60-37-14-10-33(11-15-37)47-54-19-20-55-47)29-40(28-35)63-53(72)61-38-16-12-34(13-17-38)48-56-21-22-57-48;3-2(4,5)1(6)7/h3-5,7-18,25-29,31,59,67H,2,6,19-24,30H2,1H3,(H,54,55)(H,56,57)(H,58,69)(H2,60,62,71)(H2,61,63,72);(H,6,7)/b44-26-;. The van der Waals surface area contributed by atoms with E-state index < -0.39 is 41.9 Å². The van der Waals surface area contributed by atoms with Crippen molar-refractivity contribution >= 4 is 93.6 Å². The van der Waals surface area contributed by atoms with E-state index in [2.05, 4.69) is 62.8 Å². The zero-order valence-electron chi connectivity index (χ0n) is 43.4. The summed E-state index contributed by atoms with van der Waals surface area (Å²) in [6, 6.07) is 31.7. The molecule has 6 aromatic rings. The number of Topliss-reactive ketones (excluding diaryl/α,β-unsaturated/α-hetero) is 1. The number of amidine groups is 2. The fraction of sp³-hybridized carbons (Fsp3) is 0.200. The van der Waals surface area contributed by atoms with E-state index in [0.717, 1.165) is 47.6 Å². The van der Waals surface area contributed by atoms with Crippen LogP contribution in [0.15, 0.2) is 147 Å². The van der Waals surface area contributed by atoms with Crippen molar-refractivity contribution in [2.75, 3.05) is 66.0 Å². The zero-order chi connectivity index (χ0) is 58.2. The molecule has 0 saturated carbocycles. The number of carboxylic acid groups (broad SMARTS) is 1. The Labute approximate surface area is 469 Å². The number of phenolic OH excluding ortho intramolecular Hbond substituents is 1. The second kappa shape index (κ2) is 27.1. The number of aryl methyl sites for hydroxylation is 1. The number of aliphatic carboxylic acids is 1. The summed E-state index contributed by atoms with van der Waals surface area (Å²) < 4.78 is 44.4. The molecule has 5 aromatic carbocycles. The van der Waals surface area contributed by atoms with E-state index in [1.54, 1.807) is 60.3 Å². The van der Waals surface area contributed by atoms with Gasteiger partial charge in [-0.1, -0.05) is 41.2 Å². The van der Waals surface area contributed by atoms with Gasteiger partial charge >= 0.3 is 30.2 Å². The van der Waals surface area contributed by atoms with Crippen LogP contribution in [0.5, 0.6) is 11.5 Å². The van der Waals surface area contributed by atoms with Crippen LogP contribution in [-0.2, 0) is 32.2 Å².